The van der Waals surface area contributed by atoms with Crippen molar-refractivity contribution in [3.8, 4) is 5.75 Å². The molecule has 0 fully saturated rings. The number of nitro benzene ring substituents is 1. The third-order valence-corrected chi connectivity index (χ3v) is 7.51. The van der Waals surface area contributed by atoms with Crippen molar-refractivity contribution >= 4 is 33.5 Å². The summed E-state index contributed by atoms with van der Waals surface area (Å²) in [5, 5.41) is 15.1. The number of para-hydroxylation sites is 2. The summed E-state index contributed by atoms with van der Waals surface area (Å²) in [6.45, 7) is -0.0427. The number of ether oxygens (including phenoxy) is 1. The molecular formula is C28H24N4O6S. The molecule has 0 saturated heterocycles. The number of amides is 1. The van der Waals surface area contributed by atoms with Gasteiger partial charge in [0, 0.05) is 6.07 Å². The summed E-state index contributed by atoms with van der Waals surface area (Å²) in [5.74, 6) is -0.191. The molecule has 0 unspecified atom stereocenters. The van der Waals surface area contributed by atoms with E-state index < -0.39 is 20.9 Å². The number of anilines is 1. The van der Waals surface area contributed by atoms with Gasteiger partial charge in [0.15, 0.2) is 0 Å². The second kappa shape index (κ2) is 12.0. The Morgan fingerprint density at radius 3 is 2.28 bits per heavy atom. The minimum Gasteiger partial charge on any atom is -0.497 e. The summed E-state index contributed by atoms with van der Waals surface area (Å²) in [6.07, 6.45) is 1.16. The second-order valence-electron chi connectivity index (χ2n) is 8.21. The minimum absolute atomic E-state index is 0.0175. The second-order valence-corrected chi connectivity index (χ2v) is 10.1. The highest BCUT2D eigenvalue weighted by atomic mass is 32.2. The average Bonchev–Trinajstić information content (AvgIpc) is 2.96. The fourth-order valence-electron chi connectivity index (χ4n) is 3.79. The Kier molecular flexibility index (Phi) is 8.32. The lowest BCUT2D eigenvalue weighted by molar-refractivity contribution is -0.385. The number of benzene rings is 4. The standard InChI is InChI=1S/C28H24N4O6S/c1-38-23-15-17-24(18-16-23)39(36,37)31(20-21-9-3-2-4-10-21)27-14-8-6-12-25(27)28(33)30-29-19-22-11-5-7-13-26(22)32(34)35/h2-19H,20H2,1H3,(H,30,33)/b29-19+. The quantitative estimate of drug-likeness (QED) is 0.174. The third kappa shape index (κ3) is 6.28. The number of nitro groups is 1. The number of nitrogens with zero attached hydrogens (tertiary/aromatic N) is 3. The summed E-state index contributed by atoms with van der Waals surface area (Å²) < 4.78 is 34.1. The maximum absolute atomic E-state index is 13.9. The molecule has 11 heteroatoms. The fourth-order valence-corrected chi connectivity index (χ4v) is 5.26. The highest BCUT2D eigenvalue weighted by Crippen LogP contribution is 2.30. The van der Waals surface area contributed by atoms with Gasteiger partial charge in [0.05, 0.1) is 46.5 Å². The molecule has 10 nitrogen and oxygen atoms in total. The van der Waals surface area contributed by atoms with Gasteiger partial charge >= 0.3 is 0 Å². The van der Waals surface area contributed by atoms with E-state index in [9.17, 15) is 23.3 Å². The lowest BCUT2D eigenvalue weighted by Crippen LogP contribution is -2.33. The SMILES string of the molecule is COc1ccc(S(=O)(=O)N(Cc2ccccc2)c2ccccc2C(=O)N/N=C/c2ccccc2[N+](=O)[O-])cc1. The van der Waals surface area contributed by atoms with Crippen LogP contribution in [0, 0.1) is 10.1 Å². The zero-order chi connectivity index (χ0) is 27.8. The number of methoxy groups -OCH3 is 1. The molecule has 4 rings (SSSR count). The summed E-state index contributed by atoms with van der Waals surface area (Å²) in [4.78, 5) is 23.9. The average molecular weight is 545 g/mol. The molecule has 0 saturated carbocycles. The molecule has 0 bridgehead atoms. The molecule has 198 valence electrons. The maximum atomic E-state index is 13.9. The van der Waals surface area contributed by atoms with E-state index >= 15 is 0 Å². The van der Waals surface area contributed by atoms with Crippen molar-refractivity contribution in [2.75, 3.05) is 11.4 Å². The van der Waals surface area contributed by atoms with Crippen LogP contribution in [0.5, 0.6) is 5.75 Å². The van der Waals surface area contributed by atoms with E-state index in [2.05, 4.69) is 10.5 Å². The molecule has 0 aliphatic carbocycles. The Balaban J connectivity index is 1.70. The zero-order valence-corrected chi connectivity index (χ0v) is 21.6. The van der Waals surface area contributed by atoms with Crippen molar-refractivity contribution in [1.29, 1.82) is 0 Å². The topological polar surface area (TPSA) is 131 Å². The van der Waals surface area contributed by atoms with E-state index in [4.69, 9.17) is 4.74 Å². The smallest absolute Gasteiger partial charge is 0.278 e. The highest BCUT2D eigenvalue weighted by Gasteiger charge is 2.28. The van der Waals surface area contributed by atoms with Crippen LogP contribution in [0.1, 0.15) is 21.5 Å². The van der Waals surface area contributed by atoms with Crippen LogP contribution in [0.4, 0.5) is 11.4 Å². The van der Waals surface area contributed by atoms with E-state index in [1.165, 1.54) is 49.6 Å². The van der Waals surface area contributed by atoms with E-state index in [1.807, 2.05) is 6.07 Å². The van der Waals surface area contributed by atoms with Gasteiger partial charge in [-0.15, -0.1) is 0 Å². The number of rotatable bonds is 10. The Morgan fingerprint density at radius 1 is 0.949 bits per heavy atom. The van der Waals surface area contributed by atoms with E-state index in [0.717, 1.165) is 10.5 Å². The molecule has 4 aromatic rings. The molecule has 0 heterocycles. The lowest BCUT2D eigenvalue weighted by atomic mass is 10.1. The number of hydrazone groups is 1. The van der Waals surface area contributed by atoms with E-state index in [-0.39, 0.29) is 33.9 Å². The lowest BCUT2D eigenvalue weighted by Gasteiger charge is -2.26. The molecule has 0 spiro atoms. The Labute approximate surface area is 225 Å². The first-order valence-corrected chi connectivity index (χ1v) is 13.1. The number of sulfonamides is 1. The minimum atomic E-state index is -4.13. The number of nitrogens with one attached hydrogen (secondary N) is 1. The van der Waals surface area contributed by atoms with Crippen molar-refractivity contribution in [1.82, 2.24) is 5.43 Å². The van der Waals surface area contributed by atoms with Crippen LogP contribution >= 0.6 is 0 Å². The van der Waals surface area contributed by atoms with Crippen LogP contribution in [-0.2, 0) is 16.6 Å². The predicted molar refractivity (Wildman–Crippen MR) is 147 cm³/mol. The molecule has 0 aliphatic rings. The van der Waals surface area contributed by atoms with Crippen LogP contribution in [0.2, 0.25) is 0 Å². The van der Waals surface area contributed by atoms with Crippen LogP contribution < -0.4 is 14.5 Å². The maximum Gasteiger partial charge on any atom is 0.278 e. The summed E-state index contributed by atoms with van der Waals surface area (Å²) in [5.41, 5.74) is 3.27. The van der Waals surface area contributed by atoms with Gasteiger partial charge in [-0.05, 0) is 48.0 Å². The van der Waals surface area contributed by atoms with Gasteiger partial charge in [0.25, 0.3) is 21.6 Å². The Hall–Kier alpha value is -5.03. The molecule has 0 radical (unpaired) electrons. The van der Waals surface area contributed by atoms with E-state index in [1.54, 1.807) is 54.6 Å². The normalized spacial score (nSPS) is 11.2. The summed E-state index contributed by atoms with van der Waals surface area (Å²) in [6, 6.07) is 27.1. The fraction of sp³-hybridized carbons (Fsp3) is 0.0714. The Bertz CT molecular complexity index is 1610. The van der Waals surface area contributed by atoms with Gasteiger partial charge in [-0.1, -0.05) is 54.6 Å². The number of hydrogen-bond donors (Lipinski definition) is 1. The summed E-state index contributed by atoms with van der Waals surface area (Å²) >= 11 is 0. The number of carbonyl (C=O) groups is 1. The van der Waals surface area contributed by atoms with Crippen molar-refractivity contribution in [2.45, 2.75) is 11.4 Å². The van der Waals surface area contributed by atoms with Crippen molar-refractivity contribution in [2.24, 2.45) is 5.10 Å². The van der Waals surface area contributed by atoms with Gasteiger partial charge in [-0.2, -0.15) is 5.10 Å². The molecule has 0 aliphatic heterocycles. The predicted octanol–water partition coefficient (Wildman–Crippen LogP) is 4.76. The first-order valence-electron chi connectivity index (χ1n) is 11.7. The number of carbonyl (C=O) groups excluding carboxylic acids is 1. The monoisotopic (exact) mass is 544 g/mol. The van der Waals surface area contributed by atoms with Crippen LogP contribution in [-0.4, -0.2) is 32.6 Å². The van der Waals surface area contributed by atoms with Crippen molar-refractivity contribution in [3.63, 3.8) is 0 Å². The summed E-state index contributed by atoms with van der Waals surface area (Å²) in [7, 11) is -2.64. The van der Waals surface area contributed by atoms with Gasteiger partial charge in [0.1, 0.15) is 5.75 Å². The van der Waals surface area contributed by atoms with Gasteiger partial charge in [-0.3, -0.25) is 19.2 Å². The molecule has 1 amide bonds. The zero-order valence-electron chi connectivity index (χ0n) is 20.8. The third-order valence-electron chi connectivity index (χ3n) is 5.74. The first-order chi connectivity index (χ1) is 18.8. The molecule has 0 atom stereocenters. The van der Waals surface area contributed by atoms with Crippen LogP contribution in [0.15, 0.2) is 113 Å². The molecule has 0 aromatic heterocycles. The van der Waals surface area contributed by atoms with E-state index in [0.29, 0.717) is 11.3 Å². The molecule has 1 N–H and O–H groups in total. The molecule has 4 aromatic carbocycles. The highest BCUT2D eigenvalue weighted by molar-refractivity contribution is 7.92. The largest absolute Gasteiger partial charge is 0.497 e. The van der Waals surface area contributed by atoms with Crippen molar-refractivity contribution in [3.05, 3.63) is 130 Å². The Morgan fingerprint density at radius 2 is 1.59 bits per heavy atom. The van der Waals surface area contributed by atoms with Crippen LogP contribution in [0.25, 0.3) is 0 Å². The van der Waals surface area contributed by atoms with Crippen LogP contribution in [0.3, 0.4) is 0 Å². The molecule has 39 heavy (non-hydrogen) atoms. The van der Waals surface area contributed by atoms with Gasteiger partial charge in [0.2, 0.25) is 0 Å². The number of hydrogen-bond acceptors (Lipinski definition) is 7. The van der Waals surface area contributed by atoms with Gasteiger partial charge in [-0.25, -0.2) is 13.8 Å². The first kappa shape index (κ1) is 27.0. The molecular weight excluding hydrogens is 520 g/mol. The van der Waals surface area contributed by atoms with Crippen molar-refractivity contribution < 1.29 is 22.9 Å². The van der Waals surface area contributed by atoms with Gasteiger partial charge < -0.3 is 4.74 Å².